The van der Waals surface area contributed by atoms with Crippen molar-refractivity contribution in [1.82, 2.24) is 4.98 Å². The number of aliphatic hydroxyl groups is 1. The Hall–Kier alpha value is -2.16. The average molecular weight is 519 g/mol. The van der Waals surface area contributed by atoms with Crippen molar-refractivity contribution < 1.29 is 23.1 Å². The molecule has 2 aliphatic carbocycles. The minimum atomic E-state index is -4.01. The molecule has 2 aromatic rings. The van der Waals surface area contributed by atoms with Gasteiger partial charge in [0.05, 0.1) is 23.7 Å². The molecule has 0 bridgehead atoms. The Balaban J connectivity index is 1.39. The normalized spacial score (nSPS) is 26.7. The number of Topliss-reactive ketones (excluding diaryl/α,β-unsaturated/α-hetero) is 1. The molecule has 5 rings (SSSR count). The van der Waals surface area contributed by atoms with E-state index in [1.165, 1.54) is 31.4 Å². The fraction of sp³-hybridized carbons (Fsp3) is 0.538. The summed E-state index contributed by atoms with van der Waals surface area (Å²) in [6.45, 7) is 1.59. The lowest BCUT2D eigenvalue weighted by molar-refractivity contribution is -0.123. The van der Waals surface area contributed by atoms with Crippen LogP contribution in [0, 0.1) is 23.7 Å². The summed E-state index contributed by atoms with van der Waals surface area (Å²) in [4.78, 5) is 17.8. The summed E-state index contributed by atoms with van der Waals surface area (Å²) < 4.78 is 33.9. The van der Waals surface area contributed by atoms with E-state index in [0.29, 0.717) is 16.6 Å². The molecule has 7 nitrogen and oxygen atoms in total. The second kappa shape index (κ2) is 9.71. The molecule has 9 heteroatoms. The molecule has 1 aromatic carbocycles. The van der Waals surface area contributed by atoms with E-state index >= 15 is 0 Å². The van der Waals surface area contributed by atoms with Crippen molar-refractivity contribution >= 4 is 33.2 Å². The zero-order valence-corrected chi connectivity index (χ0v) is 21.3. The van der Waals surface area contributed by atoms with Gasteiger partial charge in [-0.25, -0.2) is 17.7 Å². The molecular weight excluding hydrogens is 488 g/mol. The van der Waals surface area contributed by atoms with Gasteiger partial charge in [0.25, 0.3) is 10.0 Å². The van der Waals surface area contributed by atoms with E-state index in [0.717, 1.165) is 29.0 Å². The van der Waals surface area contributed by atoms with Gasteiger partial charge < -0.3 is 9.84 Å². The van der Waals surface area contributed by atoms with Crippen LogP contribution in [0.15, 0.2) is 41.3 Å². The maximum atomic E-state index is 13.5. The third-order valence-electron chi connectivity index (χ3n) is 7.98. The summed E-state index contributed by atoms with van der Waals surface area (Å²) >= 11 is 6.04. The minimum absolute atomic E-state index is 0.0261. The van der Waals surface area contributed by atoms with E-state index in [2.05, 4.69) is 4.98 Å². The van der Waals surface area contributed by atoms with Crippen LogP contribution in [0.5, 0.6) is 5.75 Å². The maximum absolute atomic E-state index is 13.5. The molecule has 3 aliphatic rings. The molecule has 0 radical (unpaired) electrons. The monoisotopic (exact) mass is 518 g/mol. The molecule has 35 heavy (non-hydrogen) atoms. The van der Waals surface area contributed by atoms with Gasteiger partial charge in [0.2, 0.25) is 0 Å². The van der Waals surface area contributed by atoms with Crippen LogP contribution in [0.25, 0.3) is 0 Å². The number of aromatic nitrogens is 1. The van der Waals surface area contributed by atoms with E-state index in [9.17, 15) is 18.3 Å². The van der Waals surface area contributed by atoms with Crippen LogP contribution in [0.4, 0.5) is 5.82 Å². The average Bonchev–Trinajstić information content (AvgIpc) is 3.45. The molecule has 0 amide bonds. The van der Waals surface area contributed by atoms with Gasteiger partial charge in [-0.1, -0.05) is 43.9 Å². The van der Waals surface area contributed by atoms with Gasteiger partial charge >= 0.3 is 0 Å². The SMILES string of the molecule is C[C@H](C(=O)Cc1ccc2c(n1)N(S(=O)(=O)c1cccc(Cl)c1)C[C@H](CO)O2)C1C[C@H]2CCC[C@H]2C1. The summed E-state index contributed by atoms with van der Waals surface area (Å²) in [5.41, 5.74) is 0.510. The molecule has 188 valence electrons. The topological polar surface area (TPSA) is 96.8 Å². The van der Waals surface area contributed by atoms with E-state index in [4.69, 9.17) is 16.3 Å². The quantitative estimate of drug-likeness (QED) is 0.588. The van der Waals surface area contributed by atoms with E-state index in [1.807, 2.05) is 6.92 Å². The van der Waals surface area contributed by atoms with Crippen molar-refractivity contribution in [2.45, 2.75) is 56.4 Å². The van der Waals surface area contributed by atoms with Crippen molar-refractivity contribution in [3.8, 4) is 5.75 Å². The van der Waals surface area contributed by atoms with Crippen LogP contribution in [-0.4, -0.2) is 43.5 Å². The fourth-order valence-corrected chi connectivity index (χ4v) is 7.77. The van der Waals surface area contributed by atoms with Crippen LogP contribution in [-0.2, 0) is 21.2 Å². The zero-order chi connectivity index (χ0) is 24.7. The Morgan fingerprint density at radius 1 is 1.23 bits per heavy atom. The molecule has 2 saturated carbocycles. The molecule has 5 atom stereocenters. The van der Waals surface area contributed by atoms with Crippen LogP contribution in [0.2, 0.25) is 5.02 Å². The number of pyridine rings is 1. The molecule has 1 aliphatic heterocycles. The summed E-state index contributed by atoms with van der Waals surface area (Å²) in [7, 11) is -4.01. The van der Waals surface area contributed by atoms with Crippen LogP contribution in [0.1, 0.15) is 44.7 Å². The number of nitrogens with zero attached hydrogens (tertiary/aromatic N) is 2. The van der Waals surface area contributed by atoms with E-state index in [-0.39, 0.29) is 47.7 Å². The number of hydrogen-bond donors (Lipinski definition) is 1. The first-order valence-corrected chi connectivity index (χ1v) is 14.2. The summed E-state index contributed by atoms with van der Waals surface area (Å²) in [6.07, 6.45) is 5.59. The van der Waals surface area contributed by atoms with Crippen LogP contribution in [0.3, 0.4) is 0 Å². The number of aliphatic hydroxyl groups excluding tert-OH is 1. The second-order valence-corrected chi connectivity index (χ2v) is 12.5. The number of ether oxygens (including phenoxy) is 1. The highest BCUT2D eigenvalue weighted by Gasteiger charge is 2.41. The number of carbonyl (C=O) groups is 1. The smallest absolute Gasteiger partial charge is 0.265 e. The lowest BCUT2D eigenvalue weighted by Gasteiger charge is -2.34. The van der Waals surface area contributed by atoms with E-state index in [1.54, 1.807) is 24.3 Å². The first-order chi connectivity index (χ1) is 16.8. The van der Waals surface area contributed by atoms with Crippen LogP contribution < -0.4 is 9.04 Å². The Morgan fingerprint density at radius 3 is 2.66 bits per heavy atom. The summed E-state index contributed by atoms with van der Waals surface area (Å²) in [5, 5.41) is 9.98. The molecule has 1 unspecified atom stereocenters. The largest absolute Gasteiger partial charge is 0.482 e. The number of ketones is 1. The standard InChI is InChI=1S/C26H31ClN2O5S/c1-16(19-10-17-4-2-5-18(17)11-19)24(31)13-21-8-9-25-26(28-21)29(14-22(15-30)34-25)35(32,33)23-7-3-6-20(27)12-23/h3,6-9,12,16-19,22,30H,2,4-5,10-11,13-15H2,1H3/t16-,17-,18+,19?,22+/m0/s1. The highest BCUT2D eigenvalue weighted by Crippen LogP contribution is 2.49. The third kappa shape index (κ3) is 4.80. The minimum Gasteiger partial charge on any atom is -0.482 e. The number of fused-ring (bicyclic) bond motifs is 2. The van der Waals surface area contributed by atoms with Gasteiger partial charge in [0.15, 0.2) is 11.6 Å². The Morgan fingerprint density at radius 2 is 1.97 bits per heavy atom. The van der Waals surface area contributed by atoms with Gasteiger partial charge in [-0.15, -0.1) is 0 Å². The van der Waals surface area contributed by atoms with Gasteiger partial charge in [0.1, 0.15) is 11.9 Å². The summed E-state index contributed by atoms with van der Waals surface area (Å²) in [6, 6.07) is 9.36. The van der Waals surface area contributed by atoms with Crippen molar-refractivity contribution in [3.05, 3.63) is 47.1 Å². The Kier molecular flexibility index (Phi) is 6.81. The van der Waals surface area contributed by atoms with Gasteiger partial charge in [0, 0.05) is 17.4 Å². The number of carbonyl (C=O) groups excluding carboxylic acids is 1. The molecule has 1 aromatic heterocycles. The molecule has 2 fully saturated rings. The molecule has 0 spiro atoms. The molecule has 1 N–H and O–H groups in total. The number of rotatable bonds is 7. The number of sulfonamides is 1. The highest BCUT2D eigenvalue weighted by molar-refractivity contribution is 7.92. The second-order valence-electron chi connectivity index (χ2n) is 10.2. The van der Waals surface area contributed by atoms with E-state index < -0.39 is 16.1 Å². The first kappa shape index (κ1) is 24.5. The van der Waals surface area contributed by atoms with Crippen molar-refractivity contribution in [3.63, 3.8) is 0 Å². The van der Waals surface area contributed by atoms with Crippen molar-refractivity contribution in [2.75, 3.05) is 17.5 Å². The maximum Gasteiger partial charge on any atom is 0.265 e. The number of benzene rings is 1. The number of halogens is 1. The van der Waals surface area contributed by atoms with Crippen LogP contribution >= 0.6 is 11.6 Å². The number of anilines is 1. The predicted octanol–water partition coefficient (Wildman–Crippen LogP) is 4.26. The highest BCUT2D eigenvalue weighted by atomic mass is 35.5. The molecule has 2 heterocycles. The molecular formula is C26H31ClN2O5S. The fourth-order valence-electron chi connectivity index (χ4n) is 6.01. The van der Waals surface area contributed by atoms with Gasteiger partial charge in [-0.05, 0) is 60.9 Å². The first-order valence-electron chi connectivity index (χ1n) is 12.3. The van der Waals surface area contributed by atoms with Gasteiger partial charge in [-0.2, -0.15) is 0 Å². The zero-order valence-electron chi connectivity index (χ0n) is 19.8. The Labute approximate surface area is 211 Å². The summed E-state index contributed by atoms with van der Waals surface area (Å²) in [5.74, 6) is 2.45. The molecule has 0 saturated heterocycles. The predicted molar refractivity (Wildman–Crippen MR) is 133 cm³/mol. The van der Waals surface area contributed by atoms with Gasteiger partial charge in [-0.3, -0.25) is 4.79 Å². The Bertz CT molecular complexity index is 1210. The van der Waals surface area contributed by atoms with Crippen molar-refractivity contribution in [1.29, 1.82) is 0 Å². The lowest BCUT2D eigenvalue weighted by atomic mass is 9.85. The van der Waals surface area contributed by atoms with Crippen molar-refractivity contribution in [2.24, 2.45) is 23.7 Å². The number of hydrogen-bond acceptors (Lipinski definition) is 6. The third-order valence-corrected chi connectivity index (χ3v) is 9.97. The lowest BCUT2D eigenvalue weighted by Crippen LogP contribution is -2.45.